The zero-order chi connectivity index (χ0) is 15.2. The number of para-hydroxylation sites is 1. The molecule has 0 unspecified atom stereocenters. The van der Waals surface area contributed by atoms with Gasteiger partial charge in [-0.15, -0.1) is 0 Å². The number of anilines is 1. The second-order valence-corrected chi connectivity index (χ2v) is 6.33. The van der Waals surface area contributed by atoms with Crippen molar-refractivity contribution in [2.75, 3.05) is 5.32 Å². The van der Waals surface area contributed by atoms with Crippen LogP contribution in [0.25, 0.3) is 10.9 Å². The van der Waals surface area contributed by atoms with E-state index < -0.39 is 0 Å². The Balaban J connectivity index is 1.52. The first-order valence-electron chi connectivity index (χ1n) is 8.46. The van der Waals surface area contributed by atoms with E-state index in [1.54, 1.807) is 6.20 Å². The predicted molar refractivity (Wildman–Crippen MR) is 90.8 cm³/mol. The summed E-state index contributed by atoms with van der Waals surface area (Å²) in [6.45, 7) is 0. The van der Waals surface area contributed by atoms with E-state index in [0.717, 1.165) is 28.9 Å². The maximum absolute atomic E-state index is 12.2. The minimum atomic E-state index is 0.106. The molecule has 1 aliphatic carbocycles. The third-order valence-electron chi connectivity index (χ3n) is 4.65. The average molecular weight is 296 g/mol. The number of hydrogen-bond donors (Lipinski definition) is 1. The summed E-state index contributed by atoms with van der Waals surface area (Å²) in [5, 5.41) is 4.08. The highest BCUT2D eigenvalue weighted by Crippen LogP contribution is 2.28. The van der Waals surface area contributed by atoms with Gasteiger partial charge in [0, 0.05) is 18.0 Å². The summed E-state index contributed by atoms with van der Waals surface area (Å²) >= 11 is 0. The molecule has 0 bridgehead atoms. The molecule has 0 radical (unpaired) electrons. The Morgan fingerprint density at radius 1 is 1.14 bits per heavy atom. The van der Waals surface area contributed by atoms with Crippen molar-refractivity contribution in [3.8, 4) is 0 Å². The molecule has 2 aromatic rings. The highest BCUT2D eigenvalue weighted by Gasteiger charge is 2.14. The van der Waals surface area contributed by atoms with Crippen molar-refractivity contribution < 1.29 is 4.79 Å². The number of pyridine rings is 1. The molecule has 1 heterocycles. The van der Waals surface area contributed by atoms with Crippen LogP contribution in [0.15, 0.2) is 36.5 Å². The van der Waals surface area contributed by atoms with Gasteiger partial charge in [0.15, 0.2) is 0 Å². The molecule has 22 heavy (non-hydrogen) atoms. The standard InChI is InChI=1S/C19H24N2O/c22-18(13-4-9-15-7-2-1-3-8-15)21-17-12-5-10-16-11-6-14-20-19(16)17/h5-6,10-12,14-15H,1-4,7-9,13H2,(H,21,22). The lowest BCUT2D eigenvalue weighted by atomic mass is 9.86. The van der Waals surface area contributed by atoms with Gasteiger partial charge in [0.25, 0.3) is 0 Å². The molecule has 1 aromatic heterocycles. The fraction of sp³-hybridized carbons (Fsp3) is 0.474. The number of hydrogen-bond acceptors (Lipinski definition) is 2. The summed E-state index contributed by atoms with van der Waals surface area (Å²) in [6, 6.07) is 9.83. The van der Waals surface area contributed by atoms with Crippen LogP contribution in [0.4, 0.5) is 5.69 Å². The molecule has 1 saturated carbocycles. The molecule has 0 saturated heterocycles. The summed E-state index contributed by atoms with van der Waals surface area (Å²) in [7, 11) is 0. The van der Waals surface area contributed by atoms with Crippen LogP contribution >= 0.6 is 0 Å². The zero-order valence-electron chi connectivity index (χ0n) is 13.1. The number of nitrogens with one attached hydrogen (secondary N) is 1. The lowest BCUT2D eigenvalue weighted by Gasteiger charge is -2.21. The first-order valence-corrected chi connectivity index (χ1v) is 8.46. The van der Waals surface area contributed by atoms with E-state index in [9.17, 15) is 4.79 Å². The Kier molecular flexibility index (Phi) is 5.04. The van der Waals surface area contributed by atoms with Crippen LogP contribution in [0.2, 0.25) is 0 Å². The van der Waals surface area contributed by atoms with Crippen molar-refractivity contribution in [2.45, 2.75) is 51.4 Å². The summed E-state index contributed by atoms with van der Waals surface area (Å²) < 4.78 is 0. The topological polar surface area (TPSA) is 42.0 Å². The third-order valence-corrected chi connectivity index (χ3v) is 4.65. The molecule has 0 atom stereocenters. The van der Waals surface area contributed by atoms with E-state index in [1.807, 2.05) is 30.3 Å². The molecule has 1 amide bonds. The van der Waals surface area contributed by atoms with Crippen molar-refractivity contribution in [1.82, 2.24) is 4.98 Å². The number of carbonyl (C=O) groups is 1. The van der Waals surface area contributed by atoms with Gasteiger partial charge in [0.2, 0.25) is 5.91 Å². The maximum atomic E-state index is 12.2. The second kappa shape index (κ2) is 7.39. The van der Waals surface area contributed by atoms with E-state index >= 15 is 0 Å². The summed E-state index contributed by atoms with van der Waals surface area (Å²) in [6.07, 6.45) is 11.4. The van der Waals surface area contributed by atoms with Crippen LogP contribution in [0, 0.1) is 5.92 Å². The molecular formula is C19H24N2O. The van der Waals surface area contributed by atoms with Crippen molar-refractivity contribution in [1.29, 1.82) is 0 Å². The Hall–Kier alpha value is -1.90. The fourth-order valence-corrected chi connectivity index (χ4v) is 3.44. The number of aromatic nitrogens is 1. The lowest BCUT2D eigenvalue weighted by molar-refractivity contribution is -0.116. The van der Waals surface area contributed by atoms with Crippen LogP contribution < -0.4 is 5.32 Å². The van der Waals surface area contributed by atoms with Crippen LogP contribution in [-0.4, -0.2) is 10.9 Å². The van der Waals surface area contributed by atoms with E-state index in [1.165, 1.54) is 38.5 Å². The molecule has 3 nitrogen and oxygen atoms in total. The molecular weight excluding hydrogens is 272 g/mol. The molecule has 1 aliphatic rings. The lowest BCUT2D eigenvalue weighted by Crippen LogP contribution is -2.13. The third kappa shape index (κ3) is 3.85. The van der Waals surface area contributed by atoms with Crippen LogP contribution in [-0.2, 0) is 4.79 Å². The van der Waals surface area contributed by atoms with Gasteiger partial charge in [0.1, 0.15) is 0 Å². The van der Waals surface area contributed by atoms with Gasteiger partial charge in [0.05, 0.1) is 11.2 Å². The second-order valence-electron chi connectivity index (χ2n) is 6.33. The Labute approximate surface area is 132 Å². The minimum absolute atomic E-state index is 0.106. The molecule has 3 heteroatoms. The molecule has 0 aliphatic heterocycles. The maximum Gasteiger partial charge on any atom is 0.224 e. The first-order chi connectivity index (χ1) is 10.8. The number of fused-ring (bicyclic) bond motifs is 1. The van der Waals surface area contributed by atoms with Gasteiger partial charge >= 0.3 is 0 Å². The van der Waals surface area contributed by atoms with E-state index in [-0.39, 0.29) is 5.91 Å². The van der Waals surface area contributed by atoms with Crippen LogP contribution in [0.3, 0.4) is 0 Å². The van der Waals surface area contributed by atoms with Gasteiger partial charge in [-0.2, -0.15) is 0 Å². The number of nitrogens with zero attached hydrogens (tertiary/aromatic N) is 1. The zero-order valence-corrected chi connectivity index (χ0v) is 13.1. The highest BCUT2D eigenvalue weighted by molar-refractivity contribution is 6.00. The highest BCUT2D eigenvalue weighted by atomic mass is 16.1. The average Bonchev–Trinajstić information content (AvgIpc) is 2.56. The smallest absolute Gasteiger partial charge is 0.224 e. The molecule has 1 N–H and O–H groups in total. The van der Waals surface area contributed by atoms with Crippen LogP contribution in [0.5, 0.6) is 0 Å². The number of rotatable bonds is 5. The molecule has 0 spiro atoms. The van der Waals surface area contributed by atoms with Gasteiger partial charge < -0.3 is 5.32 Å². The van der Waals surface area contributed by atoms with E-state index in [2.05, 4.69) is 10.3 Å². The number of benzene rings is 1. The van der Waals surface area contributed by atoms with E-state index in [0.29, 0.717) is 6.42 Å². The van der Waals surface area contributed by atoms with E-state index in [4.69, 9.17) is 0 Å². The van der Waals surface area contributed by atoms with Crippen molar-refractivity contribution in [3.63, 3.8) is 0 Å². The SMILES string of the molecule is O=C(CCCC1CCCCC1)Nc1cccc2cccnc12. The minimum Gasteiger partial charge on any atom is -0.324 e. The molecule has 3 rings (SSSR count). The predicted octanol–water partition coefficient (Wildman–Crippen LogP) is 4.92. The van der Waals surface area contributed by atoms with Crippen molar-refractivity contribution in [3.05, 3.63) is 36.5 Å². The summed E-state index contributed by atoms with van der Waals surface area (Å²) in [5.74, 6) is 0.953. The normalized spacial score (nSPS) is 15.8. The fourth-order valence-electron chi connectivity index (χ4n) is 3.44. The van der Waals surface area contributed by atoms with Gasteiger partial charge in [-0.25, -0.2) is 0 Å². The van der Waals surface area contributed by atoms with Crippen molar-refractivity contribution in [2.24, 2.45) is 5.92 Å². The summed E-state index contributed by atoms with van der Waals surface area (Å²) in [4.78, 5) is 16.5. The Morgan fingerprint density at radius 3 is 2.82 bits per heavy atom. The summed E-state index contributed by atoms with van der Waals surface area (Å²) in [5.41, 5.74) is 1.69. The van der Waals surface area contributed by atoms with Gasteiger partial charge in [-0.05, 0) is 30.9 Å². The van der Waals surface area contributed by atoms with Crippen LogP contribution in [0.1, 0.15) is 51.4 Å². The largest absolute Gasteiger partial charge is 0.324 e. The Morgan fingerprint density at radius 2 is 1.95 bits per heavy atom. The Bertz CT molecular complexity index is 627. The molecule has 116 valence electrons. The van der Waals surface area contributed by atoms with Gasteiger partial charge in [-0.1, -0.05) is 50.3 Å². The monoisotopic (exact) mass is 296 g/mol. The number of amides is 1. The quantitative estimate of drug-likeness (QED) is 0.850. The van der Waals surface area contributed by atoms with Crippen molar-refractivity contribution >= 4 is 22.5 Å². The van der Waals surface area contributed by atoms with Gasteiger partial charge in [-0.3, -0.25) is 9.78 Å². The number of carbonyl (C=O) groups excluding carboxylic acids is 1. The first kappa shape index (κ1) is 15.0. The molecule has 1 aromatic carbocycles. The molecule has 1 fully saturated rings.